The maximum atomic E-state index is 12.9. The van der Waals surface area contributed by atoms with Gasteiger partial charge in [0.15, 0.2) is 0 Å². The van der Waals surface area contributed by atoms with E-state index in [4.69, 9.17) is 9.29 Å². The lowest BCUT2D eigenvalue weighted by molar-refractivity contribution is -0.162. The number of carbonyl (C=O) groups excluding carboxylic acids is 2. The van der Waals surface area contributed by atoms with Crippen LogP contribution in [-0.4, -0.2) is 43.2 Å². The van der Waals surface area contributed by atoms with Gasteiger partial charge in [0.2, 0.25) is 5.91 Å². The number of amides is 1. The number of carbonyl (C=O) groups is 2. The molecule has 4 fully saturated rings. The smallest absolute Gasteiger partial charge is 0.306 e. The molecule has 4 rings (SSSR count). The SMILES string of the molecule is CCCCCCCCCCCCCCCCCCCCCCCCCC(=O)OC1CCC2(C)C(CCC3C2CCC2(C)C(C(C)CCC(=O)NCCS(=O)(=O)O)CCC32)C1. The fourth-order valence-corrected chi connectivity index (χ4v) is 13.9. The second-order valence-corrected chi connectivity index (χ2v) is 23.0. The summed E-state index contributed by atoms with van der Waals surface area (Å²) in [5.74, 6) is 3.50. The molecule has 350 valence electrons. The molecule has 0 aromatic carbocycles. The predicted octanol–water partition coefficient (Wildman–Crippen LogP) is 14.4. The van der Waals surface area contributed by atoms with Crippen molar-refractivity contribution in [1.82, 2.24) is 5.32 Å². The molecule has 9 unspecified atom stereocenters. The van der Waals surface area contributed by atoms with Crippen molar-refractivity contribution in [3.8, 4) is 0 Å². The van der Waals surface area contributed by atoms with Crippen LogP contribution >= 0.6 is 0 Å². The Morgan fingerprint density at radius 3 is 1.68 bits per heavy atom. The standard InChI is InChI=1S/C52H95NO6S/c1-5-6-7-8-9-10-11-12-13-14-15-16-17-18-19-20-21-22-23-24-25-26-27-28-50(55)59-44-35-37-51(3)43(41-44)30-31-45-47-33-32-46(52(47,4)38-36-48(45)51)42(2)29-34-49(54)53-39-40-60(56,57)58/h42-48H,5-41H2,1-4H3,(H,53,54)(H,56,57,58). The number of fused-ring (bicyclic) bond motifs is 5. The molecule has 4 aliphatic carbocycles. The van der Waals surface area contributed by atoms with Gasteiger partial charge in [0.1, 0.15) is 6.10 Å². The first kappa shape index (κ1) is 51.5. The Hall–Kier alpha value is -1.15. The molecule has 0 aromatic rings. The van der Waals surface area contributed by atoms with E-state index in [1.54, 1.807) is 0 Å². The van der Waals surface area contributed by atoms with Crippen molar-refractivity contribution in [1.29, 1.82) is 0 Å². The molecular weight excluding hydrogens is 767 g/mol. The number of hydrogen-bond acceptors (Lipinski definition) is 5. The predicted molar refractivity (Wildman–Crippen MR) is 249 cm³/mol. The molecule has 0 heterocycles. The van der Waals surface area contributed by atoms with Gasteiger partial charge in [0, 0.05) is 19.4 Å². The van der Waals surface area contributed by atoms with Crippen LogP contribution in [0.3, 0.4) is 0 Å². The highest BCUT2D eigenvalue weighted by Gasteiger charge is 2.60. The monoisotopic (exact) mass is 862 g/mol. The van der Waals surface area contributed by atoms with Crippen molar-refractivity contribution in [2.45, 2.75) is 259 Å². The minimum absolute atomic E-state index is 0.0379. The van der Waals surface area contributed by atoms with Gasteiger partial charge in [-0.15, -0.1) is 0 Å². The van der Waals surface area contributed by atoms with Crippen molar-refractivity contribution in [3.63, 3.8) is 0 Å². The summed E-state index contributed by atoms with van der Waals surface area (Å²) in [6.45, 7) is 9.72. The molecule has 0 bridgehead atoms. The van der Waals surface area contributed by atoms with Crippen LogP contribution in [0, 0.1) is 46.3 Å². The van der Waals surface area contributed by atoms with Crippen molar-refractivity contribution in [3.05, 3.63) is 0 Å². The van der Waals surface area contributed by atoms with Gasteiger partial charge < -0.3 is 10.1 Å². The highest BCUT2D eigenvalue weighted by Crippen LogP contribution is 2.68. The zero-order valence-electron chi connectivity index (χ0n) is 39.6. The summed E-state index contributed by atoms with van der Waals surface area (Å²) in [6, 6.07) is 0. The highest BCUT2D eigenvalue weighted by atomic mass is 32.2. The maximum Gasteiger partial charge on any atom is 0.306 e. The maximum absolute atomic E-state index is 12.9. The zero-order chi connectivity index (χ0) is 43.3. The van der Waals surface area contributed by atoms with Crippen molar-refractivity contribution in [2.75, 3.05) is 12.3 Å². The van der Waals surface area contributed by atoms with E-state index in [0.29, 0.717) is 41.4 Å². The lowest BCUT2D eigenvalue weighted by Crippen LogP contribution is -2.54. The van der Waals surface area contributed by atoms with Crippen LogP contribution in [0.5, 0.6) is 0 Å². The molecule has 2 N–H and O–H groups in total. The first-order valence-electron chi connectivity index (χ1n) is 26.3. The summed E-state index contributed by atoms with van der Waals surface area (Å²) < 4.78 is 37.1. The van der Waals surface area contributed by atoms with Crippen LogP contribution in [0.1, 0.15) is 252 Å². The quantitative estimate of drug-likeness (QED) is 0.0396. The van der Waals surface area contributed by atoms with Gasteiger partial charge in [-0.1, -0.05) is 169 Å². The van der Waals surface area contributed by atoms with E-state index in [1.807, 2.05) is 0 Å². The van der Waals surface area contributed by atoms with Crippen LogP contribution < -0.4 is 5.32 Å². The van der Waals surface area contributed by atoms with Gasteiger partial charge in [-0.25, -0.2) is 0 Å². The zero-order valence-corrected chi connectivity index (χ0v) is 40.4. The Kier molecular flexibility index (Phi) is 23.4. The lowest BCUT2D eigenvalue weighted by atomic mass is 9.44. The van der Waals surface area contributed by atoms with E-state index in [0.717, 1.165) is 49.9 Å². The molecule has 0 saturated heterocycles. The van der Waals surface area contributed by atoms with Crippen LogP contribution in [0.15, 0.2) is 0 Å². The number of hydrogen-bond donors (Lipinski definition) is 2. The molecule has 0 radical (unpaired) electrons. The third-order valence-corrected chi connectivity index (χ3v) is 17.9. The molecule has 4 saturated carbocycles. The Morgan fingerprint density at radius 1 is 0.650 bits per heavy atom. The fraction of sp³-hybridized carbons (Fsp3) is 0.962. The minimum Gasteiger partial charge on any atom is -0.462 e. The molecule has 7 nitrogen and oxygen atoms in total. The van der Waals surface area contributed by atoms with E-state index in [1.165, 1.54) is 180 Å². The molecular formula is C52H95NO6S. The summed E-state index contributed by atoms with van der Waals surface area (Å²) in [7, 11) is -4.06. The average Bonchev–Trinajstić information content (AvgIpc) is 3.57. The Labute approximate surface area is 370 Å². The van der Waals surface area contributed by atoms with E-state index in [2.05, 4.69) is 33.0 Å². The van der Waals surface area contributed by atoms with E-state index in [9.17, 15) is 18.0 Å². The number of rotatable bonds is 32. The Morgan fingerprint density at radius 2 is 1.15 bits per heavy atom. The Balaban J connectivity index is 0.989. The molecule has 60 heavy (non-hydrogen) atoms. The number of nitrogens with one attached hydrogen (secondary N) is 1. The van der Waals surface area contributed by atoms with E-state index < -0.39 is 15.9 Å². The largest absolute Gasteiger partial charge is 0.462 e. The molecule has 4 aliphatic rings. The summed E-state index contributed by atoms with van der Waals surface area (Å²) in [6.07, 6.45) is 44.6. The van der Waals surface area contributed by atoms with Crippen molar-refractivity contribution < 1.29 is 27.3 Å². The second kappa shape index (κ2) is 27.2. The topological polar surface area (TPSA) is 110 Å². The molecule has 0 aromatic heterocycles. The molecule has 1 amide bonds. The summed E-state index contributed by atoms with van der Waals surface area (Å²) in [4.78, 5) is 25.4. The molecule has 0 spiro atoms. The van der Waals surface area contributed by atoms with Crippen molar-refractivity contribution in [2.24, 2.45) is 46.3 Å². The summed E-state index contributed by atoms with van der Waals surface area (Å²) >= 11 is 0. The van der Waals surface area contributed by atoms with Gasteiger partial charge in [0.25, 0.3) is 10.1 Å². The van der Waals surface area contributed by atoms with Gasteiger partial charge in [-0.2, -0.15) is 8.42 Å². The van der Waals surface area contributed by atoms with Gasteiger partial charge >= 0.3 is 5.97 Å². The molecule has 8 heteroatoms. The average molecular weight is 862 g/mol. The normalized spacial score (nSPS) is 29.4. The van der Waals surface area contributed by atoms with E-state index >= 15 is 0 Å². The van der Waals surface area contributed by atoms with Gasteiger partial charge in [-0.05, 0) is 117 Å². The number of ether oxygens (including phenoxy) is 1. The van der Waals surface area contributed by atoms with Crippen LogP contribution in [0.25, 0.3) is 0 Å². The van der Waals surface area contributed by atoms with Crippen LogP contribution in [-0.2, 0) is 24.4 Å². The lowest BCUT2D eigenvalue weighted by Gasteiger charge is -2.61. The van der Waals surface area contributed by atoms with Crippen LogP contribution in [0.2, 0.25) is 0 Å². The second-order valence-electron chi connectivity index (χ2n) is 21.5. The van der Waals surface area contributed by atoms with Crippen molar-refractivity contribution >= 4 is 22.0 Å². The fourth-order valence-electron chi connectivity index (χ4n) is 13.6. The highest BCUT2D eigenvalue weighted by molar-refractivity contribution is 7.85. The first-order valence-corrected chi connectivity index (χ1v) is 27.9. The third-order valence-electron chi connectivity index (χ3n) is 17.2. The number of unbranched alkanes of at least 4 members (excludes halogenated alkanes) is 22. The summed E-state index contributed by atoms with van der Waals surface area (Å²) in [5.41, 5.74) is 0.673. The van der Waals surface area contributed by atoms with Gasteiger partial charge in [0.05, 0.1) is 5.75 Å². The first-order chi connectivity index (χ1) is 28.9. The minimum atomic E-state index is -4.06. The summed E-state index contributed by atoms with van der Waals surface area (Å²) in [5, 5.41) is 2.66. The van der Waals surface area contributed by atoms with E-state index in [-0.39, 0.29) is 24.5 Å². The number of esters is 1. The van der Waals surface area contributed by atoms with Crippen LogP contribution in [0.4, 0.5) is 0 Å². The third kappa shape index (κ3) is 17.1. The molecule has 9 atom stereocenters. The van der Waals surface area contributed by atoms with Gasteiger partial charge in [-0.3, -0.25) is 14.1 Å². The Bertz CT molecular complexity index is 1320. The molecule has 0 aliphatic heterocycles.